The quantitative estimate of drug-likeness (QED) is 0.918. The molecule has 1 aromatic carbocycles. The Bertz CT molecular complexity index is 613. The van der Waals surface area contributed by atoms with Crippen molar-refractivity contribution in [2.45, 2.75) is 6.92 Å². The lowest BCUT2D eigenvalue weighted by Crippen LogP contribution is -2.15. The van der Waals surface area contributed by atoms with Crippen LogP contribution in [0.25, 0.3) is 11.4 Å². The van der Waals surface area contributed by atoms with E-state index >= 15 is 0 Å². The Kier molecular flexibility index (Phi) is 4.02. The van der Waals surface area contributed by atoms with Gasteiger partial charge >= 0.3 is 0 Å². The molecule has 2 aromatic rings. The van der Waals surface area contributed by atoms with Crippen LogP contribution < -0.4 is 15.0 Å². The SMILES string of the molecule is CNc1nc(-c2ccc(OC)cc2C)nc(N(C)C)n1. The molecule has 0 radical (unpaired) electrons. The van der Waals surface area contributed by atoms with Crippen molar-refractivity contribution < 1.29 is 4.74 Å². The number of anilines is 2. The van der Waals surface area contributed by atoms with Gasteiger partial charge in [-0.3, -0.25) is 0 Å². The molecular weight excluding hydrogens is 254 g/mol. The van der Waals surface area contributed by atoms with E-state index in [0.29, 0.717) is 17.7 Å². The summed E-state index contributed by atoms with van der Waals surface area (Å²) >= 11 is 0. The Morgan fingerprint density at radius 1 is 1.15 bits per heavy atom. The van der Waals surface area contributed by atoms with Crippen molar-refractivity contribution in [3.8, 4) is 17.1 Å². The first-order chi connectivity index (χ1) is 9.55. The molecule has 1 aromatic heterocycles. The number of aromatic nitrogens is 3. The van der Waals surface area contributed by atoms with Crippen molar-refractivity contribution >= 4 is 11.9 Å². The highest BCUT2D eigenvalue weighted by Gasteiger charge is 2.11. The molecule has 0 spiro atoms. The van der Waals surface area contributed by atoms with E-state index in [-0.39, 0.29) is 0 Å². The standard InChI is InChI=1S/C14H19N5O/c1-9-8-10(20-5)6-7-11(9)12-16-13(15-2)18-14(17-12)19(3)4/h6-8H,1-5H3,(H,15,16,17,18). The van der Waals surface area contributed by atoms with E-state index < -0.39 is 0 Å². The highest BCUT2D eigenvalue weighted by molar-refractivity contribution is 5.63. The van der Waals surface area contributed by atoms with Gasteiger partial charge in [0.1, 0.15) is 5.75 Å². The fourth-order valence-corrected chi connectivity index (χ4v) is 1.81. The maximum atomic E-state index is 5.22. The molecule has 0 bridgehead atoms. The molecule has 0 saturated carbocycles. The van der Waals surface area contributed by atoms with Gasteiger partial charge in [-0.25, -0.2) is 0 Å². The summed E-state index contributed by atoms with van der Waals surface area (Å²) < 4.78 is 5.22. The van der Waals surface area contributed by atoms with Crippen molar-refractivity contribution in [3.63, 3.8) is 0 Å². The van der Waals surface area contributed by atoms with E-state index in [4.69, 9.17) is 4.74 Å². The first kappa shape index (κ1) is 14.0. The summed E-state index contributed by atoms with van der Waals surface area (Å²) in [6.45, 7) is 2.01. The molecular formula is C14H19N5O. The van der Waals surface area contributed by atoms with Gasteiger partial charge in [-0.05, 0) is 30.7 Å². The summed E-state index contributed by atoms with van der Waals surface area (Å²) in [4.78, 5) is 15.1. The number of hydrogen-bond acceptors (Lipinski definition) is 6. The molecule has 0 aliphatic rings. The van der Waals surface area contributed by atoms with E-state index in [1.165, 1.54) is 0 Å². The Labute approximate surface area is 118 Å². The second-order valence-electron chi connectivity index (χ2n) is 4.61. The summed E-state index contributed by atoms with van der Waals surface area (Å²) in [6.07, 6.45) is 0. The lowest BCUT2D eigenvalue weighted by atomic mass is 10.1. The molecule has 0 unspecified atom stereocenters. The Morgan fingerprint density at radius 2 is 1.90 bits per heavy atom. The lowest BCUT2D eigenvalue weighted by Gasteiger charge is -2.13. The van der Waals surface area contributed by atoms with Crippen molar-refractivity contribution in [3.05, 3.63) is 23.8 Å². The first-order valence-corrected chi connectivity index (χ1v) is 6.31. The zero-order valence-electron chi connectivity index (χ0n) is 12.4. The Morgan fingerprint density at radius 3 is 2.45 bits per heavy atom. The van der Waals surface area contributed by atoms with Crippen LogP contribution in [0.5, 0.6) is 5.75 Å². The van der Waals surface area contributed by atoms with Gasteiger partial charge in [-0.15, -0.1) is 0 Å². The topological polar surface area (TPSA) is 63.2 Å². The van der Waals surface area contributed by atoms with Crippen LogP contribution in [0.1, 0.15) is 5.56 Å². The number of aryl methyl sites for hydroxylation is 1. The molecule has 20 heavy (non-hydrogen) atoms. The lowest BCUT2D eigenvalue weighted by molar-refractivity contribution is 0.414. The zero-order valence-corrected chi connectivity index (χ0v) is 12.4. The van der Waals surface area contributed by atoms with Crippen molar-refractivity contribution in [1.82, 2.24) is 15.0 Å². The number of rotatable bonds is 4. The van der Waals surface area contributed by atoms with Crippen LogP contribution >= 0.6 is 0 Å². The molecule has 0 aliphatic heterocycles. The monoisotopic (exact) mass is 273 g/mol. The molecule has 0 aliphatic carbocycles. The minimum atomic E-state index is 0.550. The summed E-state index contributed by atoms with van der Waals surface area (Å²) in [5.41, 5.74) is 2.02. The van der Waals surface area contributed by atoms with Crippen LogP contribution in [-0.2, 0) is 0 Å². The molecule has 6 nitrogen and oxygen atoms in total. The molecule has 6 heteroatoms. The second-order valence-corrected chi connectivity index (χ2v) is 4.61. The van der Waals surface area contributed by atoms with Crippen LogP contribution in [-0.4, -0.2) is 43.2 Å². The number of nitrogens with zero attached hydrogens (tertiary/aromatic N) is 4. The third kappa shape index (κ3) is 2.79. The van der Waals surface area contributed by atoms with Crippen LogP contribution in [0.2, 0.25) is 0 Å². The smallest absolute Gasteiger partial charge is 0.230 e. The van der Waals surface area contributed by atoms with E-state index in [9.17, 15) is 0 Å². The number of ether oxygens (including phenoxy) is 1. The Balaban J connectivity index is 2.54. The minimum Gasteiger partial charge on any atom is -0.497 e. The number of methoxy groups -OCH3 is 1. The van der Waals surface area contributed by atoms with Gasteiger partial charge in [0.25, 0.3) is 0 Å². The molecule has 0 fully saturated rings. The zero-order chi connectivity index (χ0) is 14.7. The summed E-state index contributed by atoms with van der Waals surface area (Å²) in [5, 5.41) is 2.96. The highest BCUT2D eigenvalue weighted by Crippen LogP contribution is 2.25. The van der Waals surface area contributed by atoms with Crippen molar-refractivity contribution in [1.29, 1.82) is 0 Å². The molecule has 0 saturated heterocycles. The fraction of sp³-hybridized carbons (Fsp3) is 0.357. The van der Waals surface area contributed by atoms with Crippen LogP contribution in [0.4, 0.5) is 11.9 Å². The Hall–Kier alpha value is -2.37. The van der Waals surface area contributed by atoms with Gasteiger partial charge in [-0.1, -0.05) is 0 Å². The molecule has 1 N–H and O–H groups in total. The summed E-state index contributed by atoms with van der Waals surface area (Å²) in [6, 6.07) is 5.83. The van der Waals surface area contributed by atoms with E-state index in [2.05, 4.69) is 20.3 Å². The normalized spacial score (nSPS) is 10.2. The number of hydrogen-bond donors (Lipinski definition) is 1. The first-order valence-electron chi connectivity index (χ1n) is 6.31. The molecule has 106 valence electrons. The van der Waals surface area contributed by atoms with Gasteiger partial charge < -0.3 is 15.0 Å². The molecule has 1 heterocycles. The summed E-state index contributed by atoms with van der Waals surface area (Å²) in [5.74, 6) is 2.64. The summed E-state index contributed by atoms with van der Waals surface area (Å²) in [7, 11) is 7.25. The number of benzene rings is 1. The van der Waals surface area contributed by atoms with Crippen molar-refractivity contribution in [2.75, 3.05) is 38.5 Å². The van der Waals surface area contributed by atoms with Crippen LogP contribution in [0.3, 0.4) is 0 Å². The number of nitrogens with one attached hydrogen (secondary N) is 1. The third-order valence-corrected chi connectivity index (χ3v) is 2.92. The van der Waals surface area contributed by atoms with E-state index in [1.54, 1.807) is 14.2 Å². The van der Waals surface area contributed by atoms with Gasteiger partial charge in [0.15, 0.2) is 5.82 Å². The minimum absolute atomic E-state index is 0.550. The molecule has 0 amide bonds. The predicted octanol–water partition coefficient (Wildman–Crippen LogP) is 1.96. The second kappa shape index (κ2) is 5.73. The molecule has 0 atom stereocenters. The maximum Gasteiger partial charge on any atom is 0.230 e. The van der Waals surface area contributed by atoms with E-state index in [1.807, 2.05) is 44.1 Å². The predicted molar refractivity (Wildman–Crippen MR) is 80.4 cm³/mol. The van der Waals surface area contributed by atoms with Crippen molar-refractivity contribution in [2.24, 2.45) is 0 Å². The fourth-order valence-electron chi connectivity index (χ4n) is 1.81. The van der Waals surface area contributed by atoms with Gasteiger partial charge in [0, 0.05) is 26.7 Å². The van der Waals surface area contributed by atoms with Gasteiger partial charge in [0.2, 0.25) is 11.9 Å². The van der Waals surface area contributed by atoms with Crippen LogP contribution in [0.15, 0.2) is 18.2 Å². The maximum absolute atomic E-state index is 5.22. The average molecular weight is 273 g/mol. The largest absolute Gasteiger partial charge is 0.497 e. The third-order valence-electron chi connectivity index (χ3n) is 2.92. The van der Waals surface area contributed by atoms with Gasteiger partial charge in [0.05, 0.1) is 7.11 Å². The molecule has 2 rings (SSSR count). The van der Waals surface area contributed by atoms with E-state index in [0.717, 1.165) is 16.9 Å². The van der Waals surface area contributed by atoms with Crippen LogP contribution in [0, 0.1) is 6.92 Å². The van der Waals surface area contributed by atoms with Gasteiger partial charge in [-0.2, -0.15) is 15.0 Å². The highest BCUT2D eigenvalue weighted by atomic mass is 16.5. The average Bonchev–Trinajstić information content (AvgIpc) is 2.46.